The third-order valence-corrected chi connectivity index (χ3v) is 6.59. The van der Waals surface area contributed by atoms with Crippen LogP contribution in [0.4, 0.5) is 16.3 Å². The van der Waals surface area contributed by atoms with Gasteiger partial charge in [-0.15, -0.1) is 0 Å². The molecule has 0 spiro atoms. The summed E-state index contributed by atoms with van der Waals surface area (Å²) in [6.45, 7) is 9.10. The monoisotopic (exact) mass is 465 g/mol. The second-order valence-electron chi connectivity index (χ2n) is 9.43. The van der Waals surface area contributed by atoms with E-state index in [9.17, 15) is 4.79 Å². The lowest BCUT2D eigenvalue weighted by molar-refractivity contribution is 0.208. The molecule has 2 heterocycles. The van der Waals surface area contributed by atoms with Gasteiger partial charge in [-0.25, -0.2) is 14.8 Å². The Hall–Kier alpha value is -3.93. The van der Waals surface area contributed by atoms with Gasteiger partial charge in [0.15, 0.2) is 5.82 Å². The minimum Gasteiger partial charge on any atom is -0.352 e. The van der Waals surface area contributed by atoms with Crippen molar-refractivity contribution in [3.8, 4) is 11.4 Å². The summed E-state index contributed by atoms with van der Waals surface area (Å²) in [5.74, 6) is 2.12. The van der Waals surface area contributed by atoms with Gasteiger partial charge in [0.2, 0.25) is 0 Å². The molecule has 0 radical (unpaired) electrons. The fraction of sp³-hybridized carbons (Fsp3) is 0.276. The number of aryl methyl sites for hydroxylation is 1. The molecule has 0 atom stereocenters. The fourth-order valence-electron chi connectivity index (χ4n) is 4.41. The van der Waals surface area contributed by atoms with Crippen molar-refractivity contribution in [2.24, 2.45) is 0 Å². The predicted octanol–water partition coefficient (Wildman–Crippen LogP) is 6.08. The molecule has 35 heavy (non-hydrogen) atoms. The van der Waals surface area contributed by atoms with Gasteiger partial charge in [-0.05, 0) is 42.7 Å². The van der Waals surface area contributed by atoms with Gasteiger partial charge in [0.05, 0.1) is 5.52 Å². The Morgan fingerprint density at radius 2 is 1.54 bits per heavy atom. The Balaban J connectivity index is 1.32. The van der Waals surface area contributed by atoms with Crippen LogP contribution in [-0.4, -0.2) is 47.1 Å². The topological polar surface area (TPSA) is 61.4 Å². The van der Waals surface area contributed by atoms with Gasteiger partial charge in [-0.1, -0.05) is 67.9 Å². The molecule has 3 aromatic carbocycles. The van der Waals surface area contributed by atoms with E-state index in [4.69, 9.17) is 9.97 Å². The van der Waals surface area contributed by atoms with Crippen molar-refractivity contribution in [2.75, 3.05) is 36.4 Å². The number of anilines is 2. The molecule has 1 aliphatic heterocycles. The van der Waals surface area contributed by atoms with Crippen molar-refractivity contribution in [3.63, 3.8) is 0 Å². The highest BCUT2D eigenvalue weighted by atomic mass is 16.2. The van der Waals surface area contributed by atoms with Gasteiger partial charge in [0.25, 0.3) is 0 Å². The van der Waals surface area contributed by atoms with Crippen LogP contribution in [0.15, 0.2) is 72.8 Å². The Labute approximate surface area is 206 Å². The average molecular weight is 466 g/mol. The van der Waals surface area contributed by atoms with Crippen molar-refractivity contribution in [1.29, 1.82) is 0 Å². The summed E-state index contributed by atoms with van der Waals surface area (Å²) in [4.78, 5) is 26.8. The van der Waals surface area contributed by atoms with Crippen molar-refractivity contribution in [3.05, 3.63) is 83.9 Å². The van der Waals surface area contributed by atoms with Crippen molar-refractivity contribution < 1.29 is 4.79 Å². The van der Waals surface area contributed by atoms with Gasteiger partial charge in [0.1, 0.15) is 5.82 Å². The highest BCUT2D eigenvalue weighted by molar-refractivity contribution is 5.92. The van der Waals surface area contributed by atoms with Crippen molar-refractivity contribution in [2.45, 2.75) is 26.7 Å². The summed E-state index contributed by atoms with van der Waals surface area (Å²) in [6.07, 6.45) is 0. The lowest BCUT2D eigenvalue weighted by Crippen LogP contribution is -2.50. The first-order chi connectivity index (χ1) is 17.0. The zero-order valence-corrected chi connectivity index (χ0v) is 20.5. The Bertz CT molecular complexity index is 1320. The highest BCUT2D eigenvalue weighted by Gasteiger charge is 2.24. The molecular formula is C29H31N5O. The number of hydrogen-bond acceptors (Lipinski definition) is 4. The molecule has 5 rings (SSSR count). The second kappa shape index (κ2) is 9.74. The average Bonchev–Trinajstić information content (AvgIpc) is 2.89. The summed E-state index contributed by atoms with van der Waals surface area (Å²) in [6, 6.07) is 24.5. The molecule has 0 bridgehead atoms. The summed E-state index contributed by atoms with van der Waals surface area (Å²) < 4.78 is 0. The van der Waals surface area contributed by atoms with E-state index < -0.39 is 0 Å². The molecule has 178 valence electrons. The number of para-hydroxylation sites is 1. The molecule has 1 N–H and O–H groups in total. The molecular weight excluding hydrogens is 434 g/mol. The number of nitrogens with zero attached hydrogens (tertiary/aromatic N) is 4. The Kier molecular flexibility index (Phi) is 6.36. The smallest absolute Gasteiger partial charge is 0.321 e. The predicted molar refractivity (Wildman–Crippen MR) is 143 cm³/mol. The van der Waals surface area contributed by atoms with Crippen LogP contribution in [0.25, 0.3) is 22.3 Å². The number of carbonyl (C=O) groups excluding carboxylic acids is 1. The van der Waals surface area contributed by atoms with Crippen LogP contribution in [0.3, 0.4) is 0 Å². The van der Waals surface area contributed by atoms with E-state index in [-0.39, 0.29) is 6.03 Å². The summed E-state index contributed by atoms with van der Waals surface area (Å²) in [5.41, 5.74) is 5.23. The molecule has 1 aliphatic rings. The van der Waals surface area contributed by atoms with Crippen LogP contribution < -0.4 is 10.2 Å². The summed E-state index contributed by atoms with van der Waals surface area (Å²) in [7, 11) is 0. The molecule has 0 aliphatic carbocycles. The van der Waals surface area contributed by atoms with E-state index in [0.29, 0.717) is 32.1 Å². The van der Waals surface area contributed by atoms with Crippen molar-refractivity contribution >= 4 is 28.4 Å². The number of fused-ring (bicyclic) bond motifs is 1. The van der Waals surface area contributed by atoms with Gasteiger partial charge in [-0.3, -0.25) is 0 Å². The van der Waals surface area contributed by atoms with E-state index in [1.54, 1.807) is 0 Å². The number of aromatic nitrogens is 2. The quantitative estimate of drug-likeness (QED) is 0.397. The van der Waals surface area contributed by atoms with E-state index in [0.717, 1.165) is 33.8 Å². The number of urea groups is 1. The maximum atomic E-state index is 12.9. The molecule has 4 aromatic rings. The van der Waals surface area contributed by atoms with Gasteiger partial charge < -0.3 is 15.1 Å². The van der Waals surface area contributed by atoms with Crippen LogP contribution in [0.1, 0.15) is 30.9 Å². The molecule has 6 heteroatoms. The highest BCUT2D eigenvalue weighted by Crippen LogP contribution is 2.28. The van der Waals surface area contributed by atoms with Crippen LogP contribution >= 0.6 is 0 Å². The van der Waals surface area contributed by atoms with Gasteiger partial charge in [-0.2, -0.15) is 0 Å². The number of hydrogen-bond donors (Lipinski definition) is 1. The summed E-state index contributed by atoms with van der Waals surface area (Å²) >= 11 is 0. The van der Waals surface area contributed by atoms with Crippen LogP contribution in [0, 0.1) is 6.92 Å². The lowest BCUT2D eigenvalue weighted by Gasteiger charge is -2.36. The van der Waals surface area contributed by atoms with Crippen LogP contribution in [0.2, 0.25) is 0 Å². The number of piperazine rings is 1. The standard InChI is InChI=1S/C29H31N5O/c1-20(2)22-12-14-24(15-13-22)30-29(35)34-18-16-33(17-19-34)28-25-6-4-5-7-26(25)31-27(32-28)23-10-8-21(3)9-11-23/h4-15,20H,16-19H2,1-3H3,(H,30,35). The minimum atomic E-state index is -0.0603. The lowest BCUT2D eigenvalue weighted by atomic mass is 10.0. The minimum absolute atomic E-state index is 0.0603. The normalized spacial score (nSPS) is 13.9. The third-order valence-electron chi connectivity index (χ3n) is 6.59. The number of amides is 2. The zero-order valence-electron chi connectivity index (χ0n) is 20.5. The second-order valence-corrected chi connectivity index (χ2v) is 9.43. The van der Waals surface area contributed by atoms with E-state index >= 15 is 0 Å². The molecule has 1 aromatic heterocycles. The number of benzene rings is 3. The first-order valence-electron chi connectivity index (χ1n) is 12.2. The fourth-order valence-corrected chi connectivity index (χ4v) is 4.41. The zero-order chi connectivity index (χ0) is 24.4. The van der Waals surface area contributed by atoms with Gasteiger partial charge in [0, 0.05) is 42.8 Å². The molecule has 0 saturated carbocycles. The number of nitrogens with one attached hydrogen (secondary N) is 1. The largest absolute Gasteiger partial charge is 0.352 e. The Morgan fingerprint density at radius 1 is 0.857 bits per heavy atom. The SMILES string of the molecule is Cc1ccc(-c2nc(N3CCN(C(=O)Nc4ccc(C(C)C)cc4)CC3)c3ccccc3n2)cc1. The number of rotatable bonds is 4. The molecule has 1 fully saturated rings. The maximum absolute atomic E-state index is 12.9. The van der Waals surface area contributed by atoms with E-state index in [1.165, 1.54) is 11.1 Å². The first kappa shape index (κ1) is 22.8. The molecule has 0 unspecified atom stereocenters. The van der Waals surface area contributed by atoms with E-state index in [2.05, 4.69) is 73.5 Å². The van der Waals surface area contributed by atoms with Gasteiger partial charge >= 0.3 is 6.03 Å². The Morgan fingerprint density at radius 3 is 2.23 bits per heavy atom. The van der Waals surface area contributed by atoms with Crippen LogP contribution in [-0.2, 0) is 0 Å². The molecule has 2 amide bonds. The molecule has 1 saturated heterocycles. The van der Waals surface area contributed by atoms with Crippen LogP contribution in [0.5, 0.6) is 0 Å². The molecule has 6 nitrogen and oxygen atoms in total. The third kappa shape index (κ3) is 4.97. The van der Waals surface area contributed by atoms with Crippen molar-refractivity contribution in [1.82, 2.24) is 14.9 Å². The first-order valence-corrected chi connectivity index (χ1v) is 12.2. The number of carbonyl (C=O) groups is 1. The van der Waals surface area contributed by atoms with E-state index in [1.807, 2.05) is 35.2 Å². The maximum Gasteiger partial charge on any atom is 0.321 e. The summed E-state index contributed by atoms with van der Waals surface area (Å²) in [5, 5.41) is 4.07.